The van der Waals surface area contributed by atoms with E-state index in [1.807, 2.05) is 11.1 Å². The topological polar surface area (TPSA) is 45.1 Å². The summed E-state index contributed by atoms with van der Waals surface area (Å²) in [5.41, 5.74) is 0. The van der Waals surface area contributed by atoms with Crippen LogP contribution in [0.2, 0.25) is 0 Å². The van der Waals surface area contributed by atoms with Gasteiger partial charge in [-0.15, -0.1) is 11.6 Å². The molecular weight excluding hydrogens is 338 g/mol. The van der Waals surface area contributed by atoms with E-state index in [0.29, 0.717) is 17.4 Å². The molecule has 0 unspecified atom stereocenters. The summed E-state index contributed by atoms with van der Waals surface area (Å²) in [6.45, 7) is 1.45. The fraction of sp³-hybridized carbons (Fsp3) is 0.895. The largest absolute Gasteiger partial charge is 0.371 e. The summed E-state index contributed by atoms with van der Waals surface area (Å²) in [7, 11) is 0. The Morgan fingerprint density at radius 2 is 1.72 bits per heavy atom. The minimum absolute atomic E-state index is 0.0650. The van der Waals surface area contributed by atoms with Gasteiger partial charge < -0.3 is 9.64 Å². The summed E-state index contributed by atoms with van der Waals surface area (Å²) < 4.78 is 6.16. The van der Waals surface area contributed by atoms with Gasteiger partial charge in [-0.2, -0.15) is 5.10 Å². The molecule has 140 valence electrons. The Balaban J connectivity index is 1.25. The van der Waals surface area contributed by atoms with E-state index in [1.165, 1.54) is 32.1 Å². The molecule has 1 atom stereocenters. The lowest BCUT2D eigenvalue weighted by atomic mass is 9.82. The number of carbonyl (C=O) groups is 1. The zero-order chi connectivity index (χ0) is 17.2. The van der Waals surface area contributed by atoms with Crippen molar-refractivity contribution in [3.8, 4) is 0 Å². The maximum Gasteiger partial charge on any atom is 0.340 e. The van der Waals surface area contributed by atoms with Crippen LogP contribution in [0.3, 0.4) is 0 Å². The summed E-state index contributed by atoms with van der Waals surface area (Å²) >= 11 is 6.23. The van der Waals surface area contributed by atoms with Gasteiger partial charge in [-0.25, -0.2) is 9.80 Å². The smallest absolute Gasteiger partial charge is 0.340 e. The first kappa shape index (κ1) is 17.6. The van der Waals surface area contributed by atoms with Crippen molar-refractivity contribution in [1.82, 2.24) is 9.91 Å². The van der Waals surface area contributed by atoms with Crippen LogP contribution in [-0.4, -0.2) is 58.9 Å². The normalized spacial score (nSPS) is 34.4. The van der Waals surface area contributed by atoms with Crippen LogP contribution in [0.4, 0.5) is 4.79 Å². The third-order valence-corrected chi connectivity index (χ3v) is 6.80. The fourth-order valence-electron chi connectivity index (χ4n) is 4.77. The molecule has 5 nitrogen and oxygen atoms in total. The summed E-state index contributed by atoms with van der Waals surface area (Å²) in [5.74, 6) is 0.539. The van der Waals surface area contributed by atoms with E-state index < -0.39 is 0 Å². The highest BCUT2D eigenvalue weighted by Gasteiger charge is 2.41. The van der Waals surface area contributed by atoms with E-state index in [4.69, 9.17) is 16.3 Å². The molecule has 25 heavy (non-hydrogen) atoms. The third-order valence-electron chi connectivity index (χ3n) is 6.36. The molecule has 0 N–H and O–H groups in total. The van der Waals surface area contributed by atoms with Crippen LogP contribution in [-0.2, 0) is 4.74 Å². The summed E-state index contributed by atoms with van der Waals surface area (Å²) in [5, 5.41) is 6.46. The second-order valence-corrected chi connectivity index (χ2v) is 8.78. The molecule has 2 aliphatic heterocycles. The number of urea groups is 1. The molecular formula is C19H30ClN3O2. The maximum absolute atomic E-state index is 12.8. The Labute approximate surface area is 155 Å². The van der Waals surface area contributed by atoms with E-state index in [0.717, 1.165) is 45.2 Å². The molecule has 0 radical (unpaired) electrons. The lowest BCUT2D eigenvalue weighted by Gasteiger charge is -2.43. The summed E-state index contributed by atoms with van der Waals surface area (Å²) in [6, 6.07) is 0.297. The Morgan fingerprint density at radius 3 is 2.44 bits per heavy atom. The number of rotatable bonds is 3. The van der Waals surface area contributed by atoms with Crippen molar-refractivity contribution in [2.45, 2.75) is 87.8 Å². The number of hydrogen-bond donors (Lipinski definition) is 0. The Hall–Kier alpha value is -0.810. The fourth-order valence-corrected chi connectivity index (χ4v) is 5.03. The molecule has 0 spiro atoms. The number of halogens is 1. The number of nitrogens with zero attached hydrogens (tertiary/aromatic N) is 3. The van der Waals surface area contributed by atoms with Gasteiger partial charge in [0.1, 0.15) is 0 Å². The van der Waals surface area contributed by atoms with Gasteiger partial charge in [-0.05, 0) is 44.4 Å². The van der Waals surface area contributed by atoms with Crippen molar-refractivity contribution in [3.05, 3.63) is 0 Å². The lowest BCUT2D eigenvalue weighted by Crippen LogP contribution is -2.59. The molecule has 0 bridgehead atoms. The average Bonchev–Trinajstić information content (AvgIpc) is 3.08. The highest BCUT2D eigenvalue weighted by Crippen LogP contribution is 2.35. The van der Waals surface area contributed by atoms with Gasteiger partial charge in [-0.1, -0.05) is 19.3 Å². The van der Waals surface area contributed by atoms with Crippen molar-refractivity contribution in [1.29, 1.82) is 0 Å². The number of likely N-dealkylation sites (tertiary alicyclic amines) is 1. The van der Waals surface area contributed by atoms with Crippen molar-refractivity contribution in [3.63, 3.8) is 0 Å². The molecule has 2 amide bonds. The van der Waals surface area contributed by atoms with E-state index in [9.17, 15) is 4.79 Å². The van der Waals surface area contributed by atoms with Crippen LogP contribution < -0.4 is 0 Å². The predicted molar refractivity (Wildman–Crippen MR) is 99.1 cm³/mol. The maximum atomic E-state index is 12.8. The Morgan fingerprint density at radius 1 is 1.00 bits per heavy atom. The average molecular weight is 368 g/mol. The van der Waals surface area contributed by atoms with Crippen molar-refractivity contribution in [2.24, 2.45) is 11.0 Å². The molecule has 4 rings (SSSR count). The van der Waals surface area contributed by atoms with E-state index in [1.54, 1.807) is 5.01 Å². The SMILES string of the molecule is O=C(N1CC(OC2CCCCC2)C1)N1N=CC[C@H]1C1CCC(Cl)CC1. The Bertz CT molecular complexity index is 495. The van der Waals surface area contributed by atoms with E-state index >= 15 is 0 Å². The molecule has 4 aliphatic rings. The molecule has 0 aromatic carbocycles. The van der Waals surface area contributed by atoms with E-state index in [-0.39, 0.29) is 18.2 Å². The second-order valence-electron chi connectivity index (χ2n) is 8.16. The first-order valence-electron chi connectivity index (χ1n) is 10.1. The van der Waals surface area contributed by atoms with Crippen LogP contribution in [0.5, 0.6) is 0 Å². The lowest BCUT2D eigenvalue weighted by molar-refractivity contribution is -0.0916. The standard InChI is InChI=1S/C19H30ClN3O2/c20-15-8-6-14(7-9-15)18-10-11-21-23(18)19(24)22-12-17(13-22)25-16-4-2-1-3-5-16/h11,14-18H,1-10,12-13H2/t14?,15?,18-/m0/s1. The van der Waals surface area contributed by atoms with Crippen molar-refractivity contribution >= 4 is 23.8 Å². The molecule has 2 aliphatic carbocycles. The molecule has 0 aromatic rings. The van der Waals surface area contributed by atoms with Crippen LogP contribution in [0.25, 0.3) is 0 Å². The first-order valence-corrected chi connectivity index (χ1v) is 10.5. The van der Waals surface area contributed by atoms with Crippen molar-refractivity contribution in [2.75, 3.05) is 13.1 Å². The van der Waals surface area contributed by atoms with Crippen LogP contribution >= 0.6 is 11.6 Å². The zero-order valence-corrected chi connectivity index (χ0v) is 15.7. The predicted octanol–water partition coefficient (Wildman–Crippen LogP) is 4.00. The number of hydrogen-bond acceptors (Lipinski definition) is 3. The minimum Gasteiger partial charge on any atom is -0.371 e. The van der Waals surface area contributed by atoms with Crippen molar-refractivity contribution < 1.29 is 9.53 Å². The first-order chi connectivity index (χ1) is 12.2. The molecule has 2 saturated carbocycles. The Kier molecular flexibility index (Phi) is 5.51. The highest BCUT2D eigenvalue weighted by molar-refractivity contribution is 6.20. The van der Waals surface area contributed by atoms with Gasteiger partial charge in [0.2, 0.25) is 0 Å². The molecule has 6 heteroatoms. The van der Waals surface area contributed by atoms with Crippen LogP contribution in [0, 0.1) is 5.92 Å². The number of alkyl halides is 1. The molecule has 2 heterocycles. The second kappa shape index (κ2) is 7.83. The van der Waals surface area contributed by atoms with Gasteiger partial charge in [0.05, 0.1) is 31.3 Å². The number of hydrazone groups is 1. The third kappa shape index (κ3) is 3.97. The van der Waals surface area contributed by atoms with Gasteiger partial charge in [0, 0.05) is 18.0 Å². The molecule has 0 aromatic heterocycles. The highest BCUT2D eigenvalue weighted by atomic mass is 35.5. The van der Waals surface area contributed by atoms with Gasteiger partial charge in [0.25, 0.3) is 0 Å². The van der Waals surface area contributed by atoms with Gasteiger partial charge in [0.15, 0.2) is 0 Å². The molecule has 1 saturated heterocycles. The number of amides is 2. The monoisotopic (exact) mass is 367 g/mol. The van der Waals surface area contributed by atoms with Crippen LogP contribution in [0.1, 0.15) is 64.2 Å². The quantitative estimate of drug-likeness (QED) is 0.708. The summed E-state index contributed by atoms with van der Waals surface area (Å²) in [4.78, 5) is 14.7. The molecule has 3 fully saturated rings. The van der Waals surface area contributed by atoms with Gasteiger partial charge >= 0.3 is 6.03 Å². The summed E-state index contributed by atoms with van der Waals surface area (Å²) in [6.07, 6.45) is 14.1. The van der Waals surface area contributed by atoms with Crippen LogP contribution in [0.15, 0.2) is 5.10 Å². The minimum atomic E-state index is 0.0650. The number of carbonyl (C=O) groups excluding carboxylic acids is 1. The zero-order valence-electron chi connectivity index (χ0n) is 15.0. The number of ether oxygens (including phenoxy) is 1. The van der Waals surface area contributed by atoms with Gasteiger partial charge in [-0.3, -0.25) is 0 Å². The van der Waals surface area contributed by atoms with E-state index in [2.05, 4.69) is 5.10 Å².